The van der Waals surface area contributed by atoms with E-state index in [-0.39, 0.29) is 11.8 Å². The Balaban J connectivity index is 2.35. The maximum atomic E-state index is 10.9. The van der Waals surface area contributed by atoms with E-state index in [1.807, 2.05) is 0 Å². The van der Waals surface area contributed by atoms with Crippen molar-refractivity contribution in [3.05, 3.63) is 0 Å². The van der Waals surface area contributed by atoms with Gasteiger partial charge >= 0.3 is 0 Å². The highest BCUT2D eigenvalue weighted by atomic mass is 16.1. The molecule has 0 radical (unpaired) electrons. The Hall–Kier alpha value is -0.570. The van der Waals surface area contributed by atoms with Crippen LogP contribution in [0.5, 0.6) is 0 Å². The van der Waals surface area contributed by atoms with E-state index < -0.39 is 0 Å². The summed E-state index contributed by atoms with van der Waals surface area (Å²) in [7, 11) is 0. The molecule has 3 heteroatoms. The van der Waals surface area contributed by atoms with Crippen molar-refractivity contribution in [1.29, 1.82) is 0 Å². The van der Waals surface area contributed by atoms with Gasteiger partial charge in [0.25, 0.3) is 0 Å². The second kappa shape index (κ2) is 4.45. The van der Waals surface area contributed by atoms with E-state index in [4.69, 9.17) is 11.5 Å². The van der Waals surface area contributed by atoms with Crippen molar-refractivity contribution in [1.82, 2.24) is 0 Å². The maximum absolute atomic E-state index is 10.9. The molecule has 3 nitrogen and oxygen atoms in total. The zero-order chi connectivity index (χ0) is 8.97. The fourth-order valence-electron chi connectivity index (χ4n) is 2.05. The Kier molecular flexibility index (Phi) is 3.53. The van der Waals surface area contributed by atoms with E-state index in [1.54, 1.807) is 0 Å². The minimum absolute atomic E-state index is 0.121. The van der Waals surface area contributed by atoms with Crippen molar-refractivity contribution in [3.63, 3.8) is 0 Å². The van der Waals surface area contributed by atoms with Crippen LogP contribution in [0.1, 0.15) is 32.1 Å². The van der Waals surface area contributed by atoms with Gasteiger partial charge in [-0.2, -0.15) is 0 Å². The van der Waals surface area contributed by atoms with Crippen LogP contribution < -0.4 is 11.5 Å². The maximum Gasteiger partial charge on any atom is 0.220 e. The Morgan fingerprint density at radius 2 is 2.17 bits per heavy atom. The number of hydrogen-bond donors (Lipinski definition) is 2. The first kappa shape index (κ1) is 9.52. The summed E-state index contributed by atoms with van der Waals surface area (Å²) in [5, 5.41) is 0. The Labute approximate surface area is 73.5 Å². The summed E-state index contributed by atoms with van der Waals surface area (Å²) >= 11 is 0. The van der Waals surface area contributed by atoms with Crippen LogP contribution in [-0.4, -0.2) is 12.5 Å². The quantitative estimate of drug-likeness (QED) is 0.652. The largest absolute Gasteiger partial charge is 0.369 e. The van der Waals surface area contributed by atoms with E-state index in [9.17, 15) is 4.79 Å². The molecule has 0 aliphatic heterocycles. The minimum Gasteiger partial charge on any atom is -0.369 e. The third-order valence-corrected chi connectivity index (χ3v) is 2.76. The standard InChI is InChI=1S/C9H18N2O/c10-5-4-7-2-1-3-8(6-7)9(11)12/h7-8H,1-6,10H2,(H2,11,12). The van der Waals surface area contributed by atoms with Gasteiger partial charge in [-0.15, -0.1) is 0 Å². The van der Waals surface area contributed by atoms with Gasteiger partial charge in [-0.1, -0.05) is 12.8 Å². The Bertz CT molecular complexity index is 157. The van der Waals surface area contributed by atoms with Gasteiger partial charge in [0, 0.05) is 5.92 Å². The second-order valence-corrected chi connectivity index (χ2v) is 3.71. The molecule has 0 spiro atoms. The van der Waals surface area contributed by atoms with E-state index >= 15 is 0 Å². The molecule has 0 heterocycles. The Morgan fingerprint density at radius 1 is 1.42 bits per heavy atom. The number of rotatable bonds is 3. The van der Waals surface area contributed by atoms with Crippen molar-refractivity contribution in [3.8, 4) is 0 Å². The molecule has 1 aliphatic carbocycles. The molecule has 1 aliphatic rings. The van der Waals surface area contributed by atoms with Crippen LogP contribution in [0.25, 0.3) is 0 Å². The molecule has 2 atom stereocenters. The predicted octanol–water partition coefficient (Wildman–Crippen LogP) is 0.627. The molecule has 4 N–H and O–H groups in total. The lowest BCUT2D eigenvalue weighted by atomic mass is 9.79. The number of amides is 1. The zero-order valence-corrected chi connectivity index (χ0v) is 7.46. The molecular formula is C9H18N2O. The van der Waals surface area contributed by atoms with Crippen molar-refractivity contribution in [2.45, 2.75) is 32.1 Å². The van der Waals surface area contributed by atoms with E-state index in [0.29, 0.717) is 5.92 Å². The number of primary amides is 1. The van der Waals surface area contributed by atoms with Crippen LogP contribution >= 0.6 is 0 Å². The van der Waals surface area contributed by atoms with Gasteiger partial charge in [0.2, 0.25) is 5.91 Å². The fraction of sp³-hybridized carbons (Fsp3) is 0.889. The van der Waals surface area contributed by atoms with Crippen LogP contribution in [0.4, 0.5) is 0 Å². The van der Waals surface area contributed by atoms with Gasteiger partial charge < -0.3 is 11.5 Å². The van der Waals surface area contributed by atoms with E-state index in [1.165, 1.54) is 6.42 Å². The average Bonchev–Trinajstić information content (AvgIpc) is 2.05. The molecule has 1 fully saturated rings. The minimum atomic E-state index is -0.128. The summed E-state index contributed by atoms with van der Waals surface area (Å²) in [5.41, 5.74) is 10.7. The highest BCUT2D eigenvalue weighted by molar-refractivity contribution is 5.76. The molecule has 1 saturated carbocycles. The summed E-state index contributed by atoms with van der Waals surface area (Å²) in [6.07, 6.45) is 5.35. The smallest absolute Gasteiger partial charge is 0.220 e. The van der Waals surface area contributed by atoms with Crippen molar-refractivity contribution in [2.75, 3.05) is 6.54 Å². The lowest BCUT2D eigenvalue weighted by molar-refractivity contribution is -0.123. The molecular weight excluding hydrogens is 152 g/mol. The summed E-state index contributed by atoms with van der Waals surface area (Å²) in [6.45, 7) is 0.732. The lowest BCUT2D eigenvalue weighted by Gasteiger charge is -2.26. The molecule has 1 rings (SSSR count). The van der Waals surface area contributed by atoms with E-state index in [2.05, 4.69) is 0 Å². The molecule has 12 heavy (non-hydrogen) atoms. The molecule has 0 aromatic carbocycles. The third kappa shape index (κ3) is 2.48. The van der Waals surface area contributed by atoms with Gasteiger partial charge in [0.1, 0.15) is 0 Å². The first-order chi connectivity index (χ1) is 5.74. The van der Waals surface area contributed by atoms with Gasteiger partial charge in [-0.05, 0) is 31.7 Å². The first-order valence-corrected chi connectivity index (χ1v) is 4.73. The number of hydrogen-bond acceptors (Lipinski definition) is 2. The molecule has 0 saturated heterocycles. The van der Waals surface area contributed by atoms with Crippen molar-refractivity contribution >= 4 is 5.91 Å². The van der Waals surface area contributed by atoms with Gasteiger partial charge in [0.05, 0.1) is 0 Å². The highest BCUT2D eigenvalue weighted by Gasteiger charge is 2.24. The van der Waals surface area contributed by atoms with Crippen LogP contribution in [0.15, 0.2) is 0 Å². The third-order valence-electron chi connectivity index (χ3n) is 2.76. The van der Waals surface area contributed by atoms with Crippen molar-refractivity contribution in [2.24, 2.45) is 23.3 Å². The van der Waals surface area contributed by atoms with Crippen LogP contribution in [-0.2, 0) is 4.79 Å². The topological polar surface area (TPSA) is 69.1 Å². The SMILES string of the molecule is NCCC1CCCC(C(N)=O)C1. The molecule has 2 unspecified atom stereocenters. The number of carbonyl (C=O) groups is 1. The van der Waals surface area contributed by atoms with Crippen LogP contribution in [0.2, 0.25) is 0 Å². The molecule has 0 bridgehead atoms. The van der Waals surface area contributed by atoms with Gasteiger partial charge in [0.15, 0.2) is 0 Å². The second-order valence-electron chi connectivity index (χ2n) is 3.71. The van der Waals surface area contributed by atoms with Crippen molar-refractivity contribution < 1.29 is 4.79 Å². The first-order valence-electron chi connectivity index (χ1n) is 4.73. The molecule has 0 aromatic heterocycles. The predicted molar refractivity (Wildman–Crippen MR) is 48.3 cm³/mol. The summed E-state index contributed by atoms with van der Waals surface area (Å²) in [6, 6.07) is 0. The lowest BCUT2D eigenvalue weighted by Crippen LogP contribution is -2.29. The average molecular weight is 170 g/mol. The Morgan fingerprint density at radius 3 is 2.75 bits per heavy atom. The van der Waals surface area contributed by atoms with Crippen LogP contribution in [0, 0.1) is 11.8 Å². The monoisotopic (exact) mass is 170 g/mol. The summed E-state index contributed by atoms with van der Waals surface area (Å²) < 4.78 is 0. The summed E-state index contributed by atoms with van der Waals surface area (Å²) in [4.78, 5) is 10.9. The summed E-state index contributed by atoms with van der Waals surface area (Å²) in [5.74, 6) is 0.633. The highest BCUT2D eigenvalue weighted by Crippen LogP contribution is 2.30. The van der Waals surface area contributed by atoms with Gasteiger partial charge in [-0.3, -0.25) is 4.79 Å². The number of nitrogens with two attached hydrogens (primary N) is 2. The molecule has 70 valence electrons. The molecule has 0 aromatic rings. The number of carbonyl (C=O) groups excluding carboxylic acids is 1. The van der Waals surface area contributed by atoms with Gasteiger partial charge in [-0.25, -0.2) is 0 Å². The molecule has 1 amide bonds. The van der Waals surface area contributed by atoms with Crippen LogP contribution in [0.3, 0.4) is 0 Å². The fourth-order valence-corrected chi connectivity index (χ4v) is 2.05. The van der Waals surface area contributed by atoms with E-state index in [0.717, 1.165) is 32.2 Å². The normalized spacial score (nSPS) is 30.1. The zero-order valence-electron chi connectivity index (χ0n) is 7.46.